The number of fused-ring (bicyclic) bond motifs is 1. The molecule has 0 fully saturated rings. The minimum Gasteiger partial charge on any atom is -1.00 e. The molecule has 0 amide bonds. The summed E-state index contributed by atoms with van der Waals surface area (Å²) in [5, 5.41) is 1.27. The molecule has 3 aromatic rings. The van der Waals surface area contributed by atoms with Gasteiger partial charge in [0.05, 0.1) is 0 Å². The molecule has 106 valence electrons. The summed E-state index contributed by atoms with van der Waals surface area (Å²) >= 11 is 0. The van der Waals surface area contributed by atoms with Gasteiger partial charge in [0.25, 0.3) is 0 Å². The fourth-order valence-corrected chi connectivity index (χ4v) is 2.39. The monoisotopic (exact) mass is 387 g/mol. The molecule has 0 saturated heterocycles. The molecule has 0 unspecified atom stereocenters. The van der Waals surface area contributed by atoms with Gasteiger partial charge in [-0.15, -0.1) is 0 Å². The molecule has 0 aliphatic heterocycles. The maximum Gasteiger partial charge on any atom is 0.212 e. The van der Waals surface area contributed by atoms with E-state index >= 15 is 0 Å². The molecular formula is C19H18IN. The van der Waals surface area contributed by atoms with Gasteiger partial charge < -0.3 is 24.0 Å². The Bertz CT molecular complexity index is 773. The van der Waals surface area contributed by atoms with Crippen molar-refractivity contribution in [2.45, 2.75) is 6.92 Å². The summed E-state index contributed by atoms with van der Waals surface area (Å²) in [6, 6.07) is 21.3. The van der Waals surface area contributed by atoms with Gasteiger partial charge in [-0.05, 0) is 30.7 Å². The van der Waals surface area contributed by atoms with Gasteiger partial charge in [0.2, 0.25) is 11.2 Å². The van der Waals surface area contributed by atoms with E-state index in [1.165, 1.54) is 27.7 Å². The lowest BCUT2D eigenvalue weighted by Crippen LogP contribution is -3.00. The van der Waals surface area contributed by atoms with E-state index in [9.17, 15) is 0 Å². The Labute approximate surface area is 143 Å². The summed E-state index contributed by atoms with van der Waals surface area (Å²) in [7, 11) is 2.11. The maximum atomic E-state index is 2.22. The third-order valence-electron chi connectivity index (χ3n) is 3.64. The molecule has 0 N–H and O–H groups in total. The Hall–Kier alpha value is -1.68. The maximum absolute atomic E-state index is 2.22. The van der Waals surface area contributed by atoms with E-state index in [4.69, 9.17) is 0 Å². The molecule has 0 radical (unpaired) electrons. The van der Waals surface area contributed by atoms with Gasteiger partial charge in [0, 0.05) is 23.6 Å². The lowest BCUT2D eigenvalue weighted by molar-refractivity contribution is -0.646. The van der Waals surface area contributed by atoms with Crippen molar-refractivity contribution in [1.82, 2.24) is 0 Å². The first-order chi connectivity index (χ1) is 9.74. The number of hydrogen-bond acceptors (Lipinski definition) is 0. The van der Waals surface area contributed by atoms with E-state index in [1.54, 1.807) is 0 Å². The predicted octanol–water partition coefficient (Wildman–Crippen LogP) is 1.15. The minimum atomic E-state index is 0. The van der Waals surface area contributed by atoms with Crippen molar-refractivity contribution in [3.05, 3.63) is 77.5 Å². The molecule has 0 bridgehead atoms. The number of pyridine rings is 1. The number of nitrogens with zero attached hydrogens (tertiary/aromatic N) is 1. The number of hydrogen-bond donors (Lipinski definition) is 0. The van der Waals surface area contributed by atoms with Gasteiger partial charge >= 0.3 is 0 Å². The summed E-state index contributed by atoms with van der Waals surface area (Å²) < 4.78 is 2.22. The van der Waals surface area contributed by atoms with Crippen molar-refractivity contribution in [2.75, 3.05) is 0 Å². The smallest absolute Gasteiger partial charge is 0.212 e. The number of para-hydroxylation sites is 1. The van der Waals surface area contributed by atoms with Crippen molar-refractivity contribution >= 4 is 23.1 Å². The van der Waals surface area contributed by atoms with Gasteiger partial charge in [0.1, 0.15) is 7.05 Å². The van der Waals surface area contributed by atoms with Crippen LogP contribution in [0, 0.1) is 6.92 Å². The van der Waals surface area contributed by atoms with Crippen molar-refractivity contribution in [1.29, 1.82) is 0 Å². The lowest BCUT2D eigenvalue weighted by Gasteiger charge is -2.00. The molecule has 0 saturated carbocycles. The highest BCUT2D eigenvalue weighted by Crippen LogP contribution is 2.12. The van der Waals surface area contributed by atoms with Crippen molar-refractivity contribution in [3.8, 4) is 0 Å². The Kier molecular flexibility index (Phi) is 5.12. The molecule has 0 aliphatic rings. The largest absolute Gasteiger partial charge is 1.00 e. The van der Waals surface area contributed by atoms with E-state index in [1.807, 2.05) is 0 Å². The van der Waals surface area contributed by atoms with Crippen LogP contribution in [-0.4, -0.2) is 0 Å². The quantitative estimate of drug-likeness (QED) is 0.459. The fraction of sp³-hybridized carbons (Fsp3) is 0.105. The zero-order valence-corrected chi connectivity index (χ0v) is 14.4. The SMILES string of the molecule is Cc1ccc(C=Cc2ccc3ccccc3[n+]2C)cc1.[I-]. The molecule has 2 aromatic carbocycles. The van der Waals surface area contributed by atoms with Crippen LogP contribution in [0.1, 0.15) is 16.8 Å². The van der Waals surface area contributed by atoms with E-state index in [2.05, 4.69) is 91.4 Å². The molecule has 0 atom stereocenters. The topological polar surface area (TPSA) is 3.88 Å². The van der Waals surface area contributed by atoms with Crippen molar-refractivity contribution in [2.24, 2.45) is 7.05 Å². The minimum absolute atomic E-state index is 0. The lowest BCUT2D eigenvalue weighted by atomic mass is 10.1. The Balaban J connectivity index is 0.00000161. The number of rotatable bonds is 2. The van der Waals surface area contributed by atoms with E-state index < -0.39 is 0 Å². The molecule has 0 spiro atoms. The second kappa shape index (κ2) is 6.85. The van der Waals surface area contributed by atoms with Crippen LogP contribution in [0.25, 0.3) is 23.1 Å². The average molecular weight is 387 g/mol. The van der Waals surface area contributed by atoms with Gasteiger partial charge in [-0.3, -0.25) is 0 Å². The van der Waals surface area contributed by atoms with Crippen LogP contribution in [0.2, 0.25) is 0 Å². The third-order valence-corrected chi connectivity index (χ3v) is 3.64. The number of aromatic nitrogens is 1. The summed E-state index contributed by atoms with van der Waals surface area (Å²) in [6.07, 6.45) is 4.32. The number of halogens is 1. The molecule has 2 heteroatoms. The second-order valence-electron chi connectivity index (χ2n) is 5.12. The first kappa shape index (κ1) is 15.7. The van der Waals surface area contributed by atoms with Crippen molar-refractivity contribution < 1.29 is 28.5 Å². The van der Waals surface area contributed by atoms with Gasteiger partial charge in [-0.1, -0.05) is 42.0 Å². The van der Waals surface area contributed by atoms with Crippen LogP contribution in [0.15, 0.2) is 60.7 Å². The Morgan fingerprint density at radius 2 is 1.52 bits per heavy atom. The molecule has 1 aromatic heterocycles. The number of benzene rings is 2. The fourth-order valence-electron chi connectivity index (χ4n) is 2.39. The highest BCUT2D eigenvalue weighted by Gasteiger charge is 2.07. The summed E-state index contributed by atoms with van der Waals surface area (Å²) in [5.41, 5.74) is 4.96. The van der Waals surface area contributed by atoms with Crippen LogP contribution < -0.4 is 28.5 Å². The summed E-state index contributed by atoms with van der Waals surface area (Å²) in [5.74, 6) is 0. The first-order valence-electron chi connectivity index (χ1n) is 6.86. The van der Waals surface area contributed by atoms with E-state index in [0.29, 0.717) is 0 Å². The molecule has 3 rings (SSSR count). The zero-order chi connectivity index (χ0) is 13.9. The first-order valence-corrected chi connectivity index (χ1v) is 6.86. The van der Waals surface area contributed by atoms with Gasteiger partial charge in [0.15, 0.2) is 0 Å². The zero-order valence-electron chi connectivity index (χ0n) is 12.3. The Morgan fingerprint density at radius 1 is 0.810 bits per heavy atom. The molecular weight excluding hydrogens is 369 g/mol. The van der Waals surface area contributed by atoms with Crippen LogP contribution >= 0.6 is 0 Å². The molecule has 0 aliphatic carbocycles. The van der Waals surface area contributed by atoms with Crippen LogP contribution in [-0.2, 0) is 7.05 Å². The molecule has 1 heterocycles. The van der Waals surface area contributed by atoms with E-state index in [-0.39, 0.29) is 24.0 Å². The standard InChI is InChI=1S/C19H18N.HI/c1-15-7-9-16(10-8-15)11-13-18-14-12-17-5-3-4-6-19(17)20(18)2;/h3-14H,1-2H3;1H/q+1;/p-1. The normalized spacial score (nSPS) is 10.8. The van der Waals surface area contributed by atoms with E-state index in [0.717, 1.165) is 0 Å². The van der Waals surface area contributed by atoms with Crippen LogP contribution in [0.3, 0.4) is 0 Å². The summed E-state index contributed by atoms with van der Waals surface area (Å²) in [4.78, 5) is 0. The number of aryl methyl sites for hydroxylation is 2. The van der Waals surface area contributed by atoms with Gasteiger partial charge in [-0.25, -0.2) is 0 Å². The van der Waals surface area contributed by atoms with Crippen LogP contribution in [0.4, 0.5) is 0 Å². The van der Waals surface area contributed by atoms with Crippen LogP contribution in [0.5, 0.6) is 0 Å². The van der Waals surface area contributed by atoms with Gasteiger partial charge in [-0.2, -0.15) is 4.57 Å². The van der Waals surface area contributed by atoms with Crippen molar-refractivity contribution in [3.63, 3.8) is 0 Å². The highest BCUT2D eigenvalue weighted by molar-refractivity contribution is 5.77. The summed E-state index contributed by atoms with van der Waals surface area (Å²) in [6.45, 7) is 2.11. The average Bonchev–Trinajstić information content (AvgIpc) is 2.49. The molecule has 21 heavy (non-hydrogen) atoms. The Morgan fingerprint density at radius 3 is 2.29 bits per heavy atom. The third kappa shape index (κ3) is 3.50. The molecule has 1 nitrogen and oxygen atoms in total. The second-order valence-corrected chi connectivity index (χ2v) is 5.12. The predicted molar refractivity (Wildman–Crippen MR) is 85.2 cm³/mol. The highest BCUT2D eigenvalue weighted by atomic mass is 127.